The van der Waals surface area contributed by atoms with Gasteiger partial charge in [0.1, 0.15) is 6.10 Å². The average molecular weight is 617 g/mol. The van der Waals surface area contributed by atoms with Gasteiger partial charge in [-0.05, 0) is 132 Å². The number of nitrogens with two attached hydrogens (primary N) is 1. The van der Waals surface area contributed by atoms with Crippen molar-refractivity contribution in [3.05, 3.63) is 22.8 Å². The standard InChI is InChI=1S/C35H60N4O5/c1-21(2)7-5-8-27(35(43)39-18-17-38-15-6-14-37-16-13-36)34-29-19-31(42)33-25-11-12-30(41)22(3)24(25)9-10-26(33)28(29)20-32(34)44-23(4)40/h7,22,24-26,28-33,37-38,41-42H,5-6,8-20,36H2,1-4H3,(H,39,43)/b34-27-/t22-,24?,25?,26?,28?,29?,30+,31?,32?,33?/m0/s1. The molecule has 4 aliphatic rings. The topological polar surface area (TPSA) is 146 Å². The van der Waals surface area contributed by atoms with Crippen molar-refractivity contribution < 1.29 is 24.5 Å². The lowest BCUT2D eigenvalue weighted by atomic mass is 9.51. The molecule has 44 heavy (non-hydrogen) atoms. The first-order valence-corrected chi connectivity index (χ1v) is 17.4. The Bertz CT molecular complexity index is 1030. The van der Waals surface area contributed by atoms with Crippen LogP contribution in [0.5, 0.6) is 0 Å². The van der Waals surface area contributed by atoms with Crippen LogP contribution in [0.4, 0.5) is 0 Å². The van der Waals surface area contributed by atoms with Crippen molar-refractivity contribution in [1.82, 2.24) is 16.0 Å². The highest BCUT2D eigenvalue weighted by Crippen LogP contribution is 2.60. The van der Waals surface area contributed by atoms with E-state index in [2.05, 4.69) is 42.8 Å². The zero-order valence-electron chi connectivity index (χ0n) is 27.7. The molecule has 0 saturated heterocycles. The van der Waals surface area contributed by atoms with Crippen LogP contribution in [0.15, 0.2) is 22.8 Å². The first kappa shape index (κ1) is 35.1. The van der Waals surface area contributed by atoms with E-state index in [0.29, 0.717) is 50.2 Å². The Morgan fingerprint density at radius 2 is 1.57 bits per heavy atom. The minimum atomic E-state index is -0.451. The van der Waals surface area contributed by atoms with Gasteiger partial charge in [-0.2, -0.15) is 0 Å². The molecule has 0 spiro atoms. The van der Waals surface area contributed by atoms with Crippen molar-refractivity contribution in [2.24, 2.45) is 47.2 Å². The second-order valence-corrected chi connectivity index (χ2v) is 14.2. The highest BCUT2D eigenvalue weighted by molar-refractivity contribution is 5.94. The molecule has 4 rings (SSSR count). The van der Waals surface area contributed by atoms with Gasteiger partial charge in [-0.25, -0.2) is 0 Å². The van der Waals surface area contributed by atoms with Crippen molar-refractivity contribution in [3.63, 3.8) is 0 Å². The Labute approximate surface area is 265 Å². The highest BCUT2D eigenvalue weighted by Gasteiger charge is 2.57. The Balaban J connectivity index is 1.53. The van der Waals surface area contributed by atoms with Gasteiger partial charge in [0, 0.05) is 38.7 Å². The third kappa shape index (κ3) is 8.52. The first-order valence-electron chi connectivity index (χ1n) is 17.4. The molecule has 4 saturated carbocycles. The number of rotatable bonds is 14. The molecule has 1 amide bonds. The summed E-state index contributed by atoms with van der Waals surface area (Å²) in [5, 5.41) is 32.2. The summed E-state index contributed by atoms with van der Waals surface area (Å²) in [5.41, 5.74) is 8.42. The quantitative estimate of drug-likeness (QED) is 0.0756. The Morgan fingerprint density at radius 3 is 2.27 bits per heavy atom. The van der Waals surface area contributed by atoms with Gasteiger partial charge in [0.15, 0.2) is 0 Å². The maximum absolute atomic E-state index is 13.9. The number of fused-ring (bicyclic) bond motifs is 5. The molecule has 0 bridgehead atoms. The van der Waals surface area contributed by atoms with Gasteiger partial charge in [-0.1, -0.05) is 18.6 Å². The van der Waals surface area contributed by atoms with Crippen molar-refractivity contribution in [2.75, 3.05) is 39.3 Å². The van der Waals surface area contributed by atoms with Crippen LogP contribution in [0.25, 0.3) is 0 Å². The Morgan fingerprint density at radius 1 is 0.886 bits per heavy atom. The molecule has 10 atom stereocenters. The monoisotopic (exact) mass is 616 g/mol. The third-order valence-electron chi connectivity index (χ3n) is 11.2. The van der Waals surface area contributed by atoms with E-state index in [0.717, 1.165) is 75.7 Å². The van der Waals surface area contributed by atoms with Gasteiger partial charge in [0.05, 0.1) is 12.2 Å². The van der Waals surface area contributed by atoms with E-state index in [1.54, 1.807) is 0 Å². The van der Waals surface area contributed by atoms with Crippen molar-refractivity contribution >= 4 is 11.9 Å². The van der Waals surface area contributed by atoms with E-state index in [1.165, 1.54) is 12.5 Å². The molecular weight excluding hydrogens is 556 g/mol. The summed E-state index contributed by atoms with van der Waals surface area (Å²) in [6.45, 7) is 12.2. The molecule has 0 heterocycles. The molecule has 250 valence electrons. The van der Waals surface area contributed by atoms with Crippen LogP contribution in [-0.2, 0) is 14.3 Å². The number of ether oxygens (including phenoxy) is 1. The van der Waals surface area contributed by atoms with Gasteiger partial charge in [0.25, 0.3) is 0 Å². The van der Waals surface area contributed by atoms with Crippen molar-refractivity contribution in [2.45, 2.75) is 104 Å². The summed E-state index contributed by atoms with van der Waals surface area (Å²) >= 11 is 0. The van der Waals surface area contributed by atoms with E-state index in [1.807, 2.05) is 0 Å². The molecule has 0 aromatic carbocycles. The largest absolute Gasteiger partial charge is 0.458 e. The molecule has 0 radical (unpaired) electrons. The zero-order valence-corrected chi connectivity index (χ0v) is 27.7. The molecule has 0 aliphatic heterocycles. The molecular formula is C35H60N4O5. The van der Waals surface area contributed by atoms with Crippen LogP contribution in [0, 0.1) is 41.4 Å². The summed E-state index contributed by atoms with van der Waals surface area (Å²) < 4.78 is 5.99. The zero-order chi connectivity index (χ0) is 31.8. The number of hydrogen-bond donors (Lipinski definition) is 6. The lowest BCUT2D eigenvalue weighted by Gasteiger charge is -2.55. The van der Waals surface area contributed by atoms with Crippen LogP contribution >= 0.6 is 0 Å². The van der Waals surface area contributed by atoms with Crippen molar-refractivity contribution in [3.8, 4) is 0 Å². The van der Waals surface area contributed by atoms with E-state index in [4.69, 9.17) is 10.5 Å². The molecule has 0 aromatic heterocycles. The lowest BCUT2D eigenvalue weighted by Crippen LogP contribution is -2.53. The van der Waals surface area contributed by atoms with E-state index < -0.39 is 12.2 Å². The van der Waals surface area contributed by atoms with E-state index in [9.17, 15) is 19.8 Å². The van der Waals surface area contributed by atoms with Crippen LogP contribution in [-0.4, -0.2) is 79.7 Å². The fourth-order valence-corrected chi connectivity index (χ4v) is 9.32. The molecule has 8 unspecified atom stereocenters. The summed E-state index contributed by atoms with van der Waals surface area (Å²) in [4.78, 5) is 26.2. The minimum Gasteiger partial charge on any atom is -0.458 e. The van der Waals surface area contributed by atoms with Crippen LogP contribution < -0.4 is 21.7 Å². The molecule has 9 heteroatoms. The second-order valence-electron chi connectivity index (χ2n) is 14.2. The number of aliphatic hydroxyl groups is 2. The summed E-state index contributed by atoms with van der Waals surface area (Å²) in [5.74, 6) is 1.60. The second kappa shape index (κ2) is 16.7. The Kier molecular flexibility index (Phi) is 13.3. The number of carbonyl (C=O) groups is 2. The number of allylic oxidation sites excluding steroid dienone is 2. The lowest BCUT2D eigenvalue weighted by molar-refractivity contribution is -0.145. The summed E-state index contributed by atoms with van der Waals surface area (Å²) in [6, 6.07) is 0. The predicted octanol–water partition coefficient (Wildman–Crippen LogP) is 3.06. The molecule has 4 aliphatic carbocycles. The van der Waals surface area contributed by atoms with Crippen molar-refractivity contribution in [1.29, 1.82) is 0 Å². The highest BCUT2D eigenvalue weighted by atomic mass is 16.5. The molecule has 0 aromatic rings. The van der Waals surface area contributed by atoms with Gasteiger partial charge in [-0.3, -0.25) is 9.59 Å². The predicted molar refractivity (Wildman–Crippen MR) is 173 cm³/mol. The minimum absolute atomic E-state index is 0.0327. The van der Waals surface area contributed by atoms with E-state index in [-0.39, 0.29) is 41.7 Å². The summed E-state index contributed by atoms with van der Waals surface area (Å²) in [7, 11) is 0. The maximum Gasteiger partial charge on any atom is 0.303 e. The van der Waals surface area contributed by atoms with Crippen LogP contribution in [0.1, 0.15) is 85.5 Å². The summed E-state index contributed by atoms with van der Waals surface area (Å²) in [6.07, 6.45) is 8.55. The Hall–Kier alpha value is -1.78. The molecule has 7 N–H and O–H groups in total. The average Bonchev–Trinajstić information content (AvgIpc) is 3.32. The number of aliphatic hydroxyl groups excluding tert-OH is 2. The fourth-order valence-electron chi connectivity index (χ4n) is 9.32. The van der Waals surface area contributed by atoms with Crippen LogP contribution in [0.3, 0.4) is 0 Å². The number of nitrogens with one attached hydrogen (secondary N) is 3. The van der Waals surface area contributed by atoms with Crippen LogP contribution in [0.2, 0.25) is 0 Å². The molecule has 9 nitrogen and oxygen atoms in total. The number of amides is 1. The normalized spacial score (nSPS) is 35.6. The molecule has 4 fully saturated rings. The third-order valence-corrected chi connectivity index (χ3v) is 11.2. The van der Waals surface area contributed by atoms with Gasteiger partial charge >= 0.3 is 5.97 Å². The van der Waals surface area contributed by atoms with Gasteiger partial charge < -0.3 is 36.6 Å². The first-order chi connectivity index (χ1) is 21.1. The smallest absolute Gasteiger partial charge is 0.303 e. The maximum atomic E-state index is 13.9. The van der Waals surface area contributed by atoms with E-state index >= 15 is 0 Å². The van der Waals surface area contributed by atoms with Gasteiger partial charge in [-0.15, -0.1) is 0 Å². The fraction of sp³-hybridized carbons (Fsp3) is 0.829. The number of esters is 1. The number of hydrogen-bond acceptors (Lipinski definition) is 8. The van der Waals surface area contributed by atoms with Gasteiger partial charge in [0.2, 0.25) is 5.91 Å². The number of carbonyl (C=O) groups excluding carboxylic acids is 2. The SMILES string of the molecule is CC(=O)OC1CC2C(CC(O)C3C2CCC2C3CC[C@@H](O)[C@H]2C)/C1=C(\CCC=C(C)C)C(=O)NCCNCCCNCCN.